The molecule has 0 aliphatic rings. The van der Waals surface area contributed by atoms with Crippen molar-refractivity contribution in [3.8, 4) is 0 Å². The first-order valence-electron chi connectivity index (χ1n) is 7.34. The number of rotatable bonds is 5. The fourth-order valence-electron chi connectivity index (χ4n) is 2.43. The Hall–Kier alpha value is -2.31. The molecule has 0 unspecified atom stereocenters. The van der Waals surface area contributed by atoms with E-state index >= 15 is 0 Å². The number of nitrogens with one attached hydrogen (secondary N) is 1. The van der Waals surface area contributed by atoms with E-state index in [2.05, 4.69) is 19.2 Å². The average Bonchev–Trinajstić information content (AvgIpc) is 2.86. The molecule has 0 atom stereocenters. The summed E-state index contributed by atoms with van der Waals surface area (Å²) in [7, 11) is 3.04. The van der Waals surface area contributed by atoms with E-state index in [1.54, 1.807) is 23.9 Å². The second kappa shape index (κ2) is 6.21. The van der Waals surface area contributed by atoms with Gasteiger partial charge in [0.25, 0.3) is 5.56 Å². The van der Waals surface area contributed by atoms with Crippen LogP contribution >= 0.6 is 0 Å². The van der Waals surface area contributed by atoms with Gasteiger partial charge in [0.2, 0.25) is 5.91 Å². The van der Waals surface area contributed by atoms with Crippen molar-refractivity contribution in [1.29, 1.82) is 0 Å². The first kappa shape index (κ1) is 16.1. The van der Waals surface area contributed by atoms with Gasteiger partial charge in [-0.2, -0.15) is 0 Å². The predicted octanol–water partition coefficient (Wildman–Crippen LogP) is 0.201. The third-order valence-corrected chi connectivity index (χ3v) is 3.72. The number of fused-ring (bicyclic) bond motifs is 1. The highest BCUT2D eigenvalue weighted by molar-refractivity contribution is 5.80. The lowest BCUT2D eigenvalue weighted by atomic mass is 10.1. The normalized spacial score (nSPS) is 11.3. The summed E-state index contributed by atoms with van der Waals surface area (Å²) in [5.74, 6) is 0.392. The maximum atomic E-state index is 12.1. The van der Waals surface area contributed by atoms with Gasteiger partial charge in [0.05, 0.1) is 5.39 Å². The molecule has 0 aromatic carbocycles. The molecule has 2 aromatic rings. The number of carbonyl (C=O) groups is 1. The third-order valence-electron chi connectivity index (χ3n) is 3.72. The Morgan fingerprint density at radius 3 is 2.55 bits per heavy atom. The number of aromatic nitrogens is 3. The van der Waals surface area contributed by atoms with Gasteiger partial charge in [-0.05, 0) is 18.4 Å². The molecule has 0 aliphatic heterocycles. The maximum absolute atomic E-state index is 12.1. The summed E-state index contributed by atoms with van der Waals surface area (Å²) >= 11 is 0. The second-order valence-electron chi connectivity index (χ2n) is 5.92. The summed E-state index contributed by atoms with van der Waals surface area (Å²) < 4.78 is 4.08. The van der Waals surface area contributed by atoms with Crippen LogP contribution in [-0.2, 0) is 25.4 Å². The van der Waals surface area contributed by atoms with Crippen molar-refractivity contribution in [3.05, 3.63) is 33.1 Å². The van der Waals surface area contributed by atoms with Crippen LogP contribution < -0.4 is 16.6 Å². The van der Waals surface area contributed by atoms with Crippen molar-refractivity contribution in [3.63, 3.8) is 0 Å². The molecule has 2 heterocycles. The van der Waals surface area contributed by atoms with E-state index in [1.165, 1.54) is 11.6 Å². The topological polar surface area (TPSA) is 78.0 Å². The van der Waals surface area contributed by atoms with E-state index in [-0.39, 0.29) is 18.0 Å². The molecular formula is C15H22N4O3. The Morgan fingerprint density at radius 2 is 1.91 bits per heavy atom. The summed E-state index contributed by atoms with van der Waals surface area (Å²) in [6.45, 7) is 4.90. The van der Waals surface area contributed by atoms with Crippen LogP contribution in [0.15, 0.2) is 21.9 Å². The van der Waals surface area contributed by atoms with E-state index < -0.39 is 5.69 Å². The fraction of sp³-hybridized carbons (Fsp3) is 0.533. The molecule has 7 nitrogen and oxygen atoms in total. The highest BCUT2D eigenvalue weighted by Gasteiger charge is 2.14. The monoisotopic (exact) mass is 306 g/mol. The van der Waals surface area contributed by atoms with E-state index in [9.17, 15) is 14.4 Å². The van der Waals surface area contributed by atoms with Gasteiger partial charge in [0.1, 0.15) is 12.2 Å². The van der Waals surface area contributed by atoms with Crippen LogP contribution in [0, 0.1) is 5.92 Å². The number of hydrogen-bond acceptors (Lipinski definition) is 3. The van der Waals surface area contributed by atoms with Crippen molar-refractivity contribution < 1.29 is 4.79 Å². The van der Waals surface area contributed by atoms with Gasteiger partial charge in [-0.3, -0.25) is 18.7 Å². The van der Waals surface area contributed by atoms with Crippen LogP contribution in [0.4, 0.5) is 0 Å². The SMILES string of the molecule is CC(C)CCNC(=O)Cn1ccc2c(=O)n(C)c(=O)n(C)c21. The molecule has 0 fully saturated rings. The maximum Gasteiger partial charge on any atom is 0.332 e. The summed E-state index contributed by atoms with van der Waals surface area (Å²) in [6.07, 6.45) is 2.57. The highest BCUT2D eigenvalue weighted by Crippen LogP contribution is 2.09. The zero-order chi connectivity index (χ0) is 16.4. The molecule has 2 rings (SSSR count). The quantitative estimate of drug-likeness (QED) is 0.857. The van der Waals surface area contributed by atoms with Crippen LogP contribution in [0.2, 0.25) is 0 Å². The minimum absolute atomic E-state index is 0.0854. The third kappa shape index (κ3) is 2.98. The number of amides is 1. The highest BCUT2D eigenvalue weighted by atomic mass is 16.2. The average molecular weight is 306 g/mol. The van der Waals surface area contributed by atoms with Gasteiger partial charge >= 0.3 is 5.69 Å². The summed E-state index contributed by atoms with van der Waals surface area (Å²) in [6, 6.07) is 1.64. The molecule has 0 aliphatic carbocycles. The van der Waals surface area contributed by atoms with Crippen LogP contribution in [0.3, 0.4) is 0 Å². The molecule has 0 saturated heterocycles. The number of hydrogen-bond donors (Lipinski definition) is 1. The minimum Gasteiger partial charge on any atom is -0.355 e. The smallest absolute Gasteiger partial charge is 0.332 e. The molecule has 120 valence electrons. The molecular weight excluding hydrogens is 284 g/mol. The molecule has 1 amide bonds. The zero-order valence-corrected chi connectivity index (χ0v) is 13.4. The van der Waals surface area contributed by atoms with Crippen molar-refractivity contribution >= 4 is 16.9 Å². The van der Waals surface area contributed by atoms with E-state index in [1.807, 2.05) is 0 Å². The molecule has 7 heteroatoms. The van der Waals surface area contributed by atoms with Crippen LogP contribution in [0.5, 0.6) is 0 Å². The summed E-state index contributed by atoms with van der Waals surface area (Å²) in [5.41, 5.74) is -0.290. The number of carbonyl (C=O) groups excluding carboxylic acids is 1. The van der Waals surface area contributed by atoms with Crippen LogP contribution in [0.25, 0.3) is 11.0 Å². The van der Waals surface area contributed by atoms with Gasteiger partial charge < -0.3 is 9.88 Å². The fourth-order valence-corrected chi connectivity index (χ4v) is 2.43. The van der Waals surface area contributed by atoms with E-state index in [0.29, 0.717) is 23.5 Å². The first-order valence-corrected chi connectivity index (χ1v) is 7.34. The first-order chi connectivity index (χ1) is 10.3. The lowest BCUT2D eigenvalue weighted by Gasteiger charge is -2.11. The molecule has 0 saturated carbocycles. The largest absolute Gasteiger partial charge is 0.355 e. The standard InChI is InChI=1S/C15H22N4O3/c1-10(2)5-7-16-12(20)9-19-8-6-11-13(19)17(3)15(22)18(4)14(11)21/h6,8,10H,5,7,9H2,1-4H3,(H,16,20). The second-order valence-corrected chi connectivity index (χ2v) is 5.92. The van der Waals surface area contributed by atoms with Crippen molar-refractivity contribution in [2.75, 3.05) is 6.54 Å². The van der Waals surface area contributed by atoms with E-state index in [0.717, 1.165) is 11.0 Å². The van der Waals surface area contributed by atoms with Gasteiger partial charge in [0, 0.05) is 26.8 Å². The Morgan fingerprint density at radius 1 is 1.23 bits per heavy atom. The molecule has 2 aromatic heterocycles. The Balaban J connectivity index is 2.28. The van der Waals surface area contributed by atoms with E-state index in [4.69, 9.17) is 0 Å². The lowest BCUT2D eigenvalue weighted by molar-refractivity contribution is -0.121. The number of aryl methyl sites for hydroxylation is 1. The molecule has 22 heavy (non-hydrogen) atoms. The van der Waals surface area contributed by atoms with Gasteiger partial charge in [-0.25, -0.2) is 4.79 Å². The van der Waals surface area contributed by atoms with Crippen LogP contribution in [0.1, 0.15) is 20.3 Å². The minimum atomic E-state index is -0.405. The molecule has 1 N–H and O–H groups in total. The molecule has 0 bridgehead atoms. The predicted molar refractivity (Wildman–Crippen MR) is 84.9 cm³/mol. The van der Waals surface area contributed by atoms with Crippen molar-refractivity contribution in [2.45, 2.75) is 26.8 Å². The van der Waals surface area contributed by atoms with Gasteiger partial charge in [0.15, 0.2) is 0 Å². The Kier molecular flexibility index (Phi) is 4.54. The molecule has 0 radical (unpaired) electrons. The summed E-state index contributed by atoms with van der Waals surface area (Å²) in [4.78, 5) is 36.1. The Bertz CT molecular complexity index is 811. The van der Waals surface area contributed by atoms with Crippen LogP contribution in [-0.4, -0.2) is 26.2 Å². The number of nitrogens with zero attached hydrogens (tertiary/aromatic N) is 3. The van der Waals surface area contributed by atoms with Crippen molar-refractivity contribution in [2.24, 2.45) is 20.0 Å². The van der Waals surface area contributed by atoms with Gasteiger partial charge in [-0.1, -0.05) is 13.8 Å². The van der Waals surface area contributed by atoms with Gasteiger partial charge in [-0.15, -0.1) is 0 Å². The zero-order valence-electron chi connectivity index (χ0n) is 13.4. The molecule has 0 spiro atoms. The lowest BCUT2D eigenvalue weighted by Crippen LogP contribution is -2.37. The summed E-state index contributed by atoms with van der Waals surface area (Å²) in [5, 5.41) is 3.28. The Labute approximate surface area is 128 Å². The van der Waals surface area contributed by atoms with Crippen molar-refractivity contribution in [1.82, 2.24) is 19.0 Å².